The second kappa shape index (κ2) is 9.33. The lowest BCUT2D eigenvalue weighted by Gasteiger charge is -2.23. The number of ether oxygens (including phenoxy) is 3. The molecule has 1 N–H and O–H groups in total. The Labute approximate surface area is 207 Å². The van der Waals surface area contributed by atoms with Gasteiger partial charge in [0.1, 0.15) is 23.7 Å². The smallest absolute Gasteiger partial charge is 0.156 e. The summed E-state index contributed by atoms with van der Waals surface area (Å²) in [5.41, 5.74) is 3.69. The number of aromatic nitrogens is 3. The van der Waals surface area contributed by atoms with Crippen molar-refractivity contribution >= 4 is 39.0 Å². The molecule has 2 saturated heterocycles. The maximum absolute atomic E-state index is 15.3. The monoisotopic (exact) mass is 487 g/mol. The van der Waals surface area contributed by atoms with Crippen LogP contribution < -0.4 is 15.0 Å². The average molecular weight is 488 g/mol. The van der Waals surface area contributed by atoms with E-state index in [1.165, 1.54) is 6.33 Å². The molecule has 2 aliphatic rings. The van der Waals surface area contributed by atoms with E-state index in [1.54, 1.807) is 37.6 Å². The van der Waals surface area contributed by atoms with Crippen LogP contribution in [-0.4, -0.2) is 54.5 Å². The Bertz CT molecular complexity index is 1490. The van der Waals surface area contributed by atoms with Gasteiger partial charge in [0.15, 0.2) is 5.82 Å². The van der Waals surface area contributed by atoms with Crippen LogP contribution in [0.2, 0.25) is 0 Å². The van der Waals surface area contributed by atoms with Crippen molar-refractivity contribution in [2.24, 2.45) is 0 Å². The summed E-state index contributed by atoms with van der Waals surface area (Å²) in [6.45, 7) is 4.72. The molecule has 6 rings (SSSR count). The largest absolute Gasteiger partial charge is 0.461 e. The summed E-state index contributed by atoms with van der Waals surface area (Å²) in [5, 5.41) is 4.29. The quantitative estimate of drug-likeness (QED) is 0.382. The van der Waals surface area contributed by atoms with Crippen molar-refractivity contribution < 1.29 is 18.6 Å². The van der Waals surface area contributed by atoms with E-state index in [2.05, 4.69) is 25.2 Å². The van der Waals surface area contributed by atoms with Crippen LogP contribution in [0.15, 0.2) is 60.3 Å². The number of hydrogen-bond donors (Lipinski definition) is 1. The average Bonchev–Trinajstić information content (AvgIpc) is 3.34. The van der Waals surface area contributed by atoms with Crippen molar-refractivity contribution in [1.82, 2.24) is 15.0 Å². The minimum Gasteiger partial charge on any atom is -0.461 e. The van der Waals surface area contributed by atoms with Crippen LogP contribution in [0.4, 0.5) is 21.6 Å². The van der Waals surface area contributed by atoms with Crippen molar-refractivity contribution in [2.75, 3.05) is 43.6 Å². The Kier molecular flexibility index (Phi) is 5.86. The van der Waals surface area contributed by atoms with Gasteiger partial charge in [-0.15, -0.1) is 0 Å². The van der Waals surface area contributed by atoms with Crippen LogP contribution in [0.3, 0.4) is 0 Å². The van der Waals surface area contributed by atoms with Crippen LogP contribution in [-0.2, 0) is 9.47 Å². The van der Waals surface area contributed by atoms with Gasteiger partial charge in [-0.2, -0.15) is 0 Å². The predicted octanol–water partition coefficient (Wildman–Crippen LogP) is 4.97. The summed E-state index contributed by atoms with van der Waals surface area (Å²) >= 11 is 0. The molecule has 2 aliphatic heterocycles. The Morgan fingerprint density at radius 3 is 2.81 bits per heavy atom. The Morgan fingerprint density at radius 1 is 1.14 bits per heavy atom. The molecule has 0 amide bonds. The molecule has 36 heavy (non-hydrogen) atoms. The van der Waals surface area contributed by atoms with E-state index in [1.807, 2.05) is 19.1 Å². The van der Waals surface area contributed by atoms with E-state index in [9.17, 15) is 0 Å². The SMILES string of the molecule is CO[C@@H]1CCN(c2cc(OC(C)=C3COC3)c3c(Nc4ccc5ncccc5c4F)ncnc3c2)C1. The lowest BCUT2D eigenvalue weighted by Crippen LogP contribution is -2.22. The van der Waals surface area contributed by atoms with Crippen molar-refractivity contribution in [2.45, 2.75) is 19.4 Å². The van der Waals surface area contributed by atoms with Gasteiger partial charge in [-0.05, 0) is 43.7 Å². The number of halogens is 1. The predicted molar refractivity (Wildman–Crippen MR) is 136 cm³/mol. The zero-order chi connectivity index (χ0) is 24.6. The fraction of sp³-hybridized carbons (Fsp3) is 0.296. The molecule has 4 aromatic rings. The van der Waals surface area contributed by atoms with E-state index in [0.29, 0.717) is 52.3 Å². The van der Waals surface area contributed by atoms with Gasteiger partial charge in [0.25, 0.3) is 0 Å². The van der Waals surface area contributed by atoms with Crippen molar-refractivity contribution in [3.8, 4) is 5.75 Å². The van der Waals surface area contributed by atoms with Gasteiger partial charge in [0, 0.05) is 49.1 Å². The molecule has 0 bridgehead atoms. The number of fused-ring (bicyclic) bond motifs is 2. The van der Waals surface area contributed by atoms with Crippen LogP contribution in [0.25, 0.3) is 21.8 Å². The van der Waals surface area contributed by atoms with E-state index < -0.39 is 0 Å². The minimum atomic E-state index is -0.390. The summed E-state index contributed by atoms with van der Waals surface area (Å²) < 4.78 is 32.6. The molecule has 8 nitrogen and oxygen atoms in total. The molecule has 2 aromatic carbocycles. The lowest BCUT2D eigenvalue weighted by molar-refractivity contribution is 0.0954. The number of hydrogen-bond acceptors (Lipinski definition) is 8. The molecule has 0 radical (unpaired) electrons. The zero-order valence-electron chi connectivity index (χ0n) is 20.1. The van der Waals surface area contributed by atoms with E-state index in [0.717, 1.165) is 36.5 Å². The molecule has 0 saturated carbocycles. The molecule has 0 unspecified atom stereocenters. The third-order valence-corrected chi connectivity index (χ3v) is 6.82. The number of allylic oxidation sites excluding steroid dienone is 1. The molecule has 9 heteroatoms. The first kappa shape index (κ1) is 22.6. The number of methoxy groups -OCH3 is 1. The standard InChI is InChI=1S/C27H26FN5O3/c1-16(17-13-35-14-17)36-24-11-18(33-9-7-19(12-33)34-2)10-23-25(24)27(31-15-30-23)32-22-6-5-21-20(26(22)28)4-3-8-29-21/h3-6,8,10-11,15,19H,7,9,12-14H2,1-2H3,(H,30,31,32)/t19-/m1/s1. The van der Waals surface area contributed by atoms with E-state index in [-0.39, 0.29) is 11.9 Å². The van der Waals surface area contributed by atoms with Crippen LogP contribution in [0.1, 0.15) is 13.3 Å². The summed E-state index contributed by atoms with van der Waals surface area (Å²) in [6.07, 6.45) is 4.27. The number of anilines is 3. The van der Waals surface area contributed by atoms with Gasteiger partial charge < -0.3 is 24.4 Å². The molecule has 4 heterocycles. The van der Waals surface area contributed by atoms with Gasteiger partial charge in [-0.25, -0.2) is 14.4 Å². The number of benzene rings is 2. The van der Waals surface area contributed by atoms with Crippen LogP contribution in [0, 0.1) is 5.82 Å². The Morgan fingerprint density at radius 2 is 2.03 bits per heavy atom. The lowest BCUT2D eigenvalue weighted by atomic mass is 10.1. The number of nitrogens with zero attached hydrogens (tertiary/aromatic N) is 4. The van der Waals surface area contributed by atoms with Crippen LogP contribution >= 0.6 is 0 Å². The second-order valence-electron chi connectivity index (χ2n) is 9.03. The van der Waals surface area contributed by atoms with Gasteiger partial charge in [0.05, 0.1) is 41.4 Å². The number of nitrogens with one attached hydrogen (secondary N) is 1. The highest BCUT2D eigenvalue weighted by molar-refractivity contribution is 5.98. The molecular formula is C27H26FN5O3. The maximum atomic E-state index is 15.3. The fourth-order valence-corrected chi connectivity index (χ4v) is 4.64. The minimum absolute atomic E-state index is 0.189. The number of rotatable bonds is 6. The number of pyridine rings is 1. The second-order valence-corrected chi connectivity index (χ2v) is 9.03. The van der Waals surface area contributed by atoms with Crippen molar-refractivity contribution in [1.29, 1.82) is 0 Å². The Balaban J connectivity index is 1.45. The highest BCUT2D eigenvalue weighted by Gasteiger charge is 2.25. The topological polar surface area (TPSA) is 81.6 Å². The van der Waals surface area contributed by atoms with E-state index >= 15 is 4.39 Å². The van der Waals surface area contributed by atoms with E-state index in [4.69, 9.17) is 14.2 Å². The first-order chi connectivity index (χ1) is 17.6. The highest BCUT2D eigenvalue weighted by atomic mass is 19.1. The molecule has 0 aliphatic carbocycles. The molecule has 0 spiro atoms. The van der Waals surface area contributed by atoms with Crippen LogP contribution in [0.5, 0.6) is 5.75 Å². The molecular weight excluding hydrogens is 461 g/mol. The third kappa shape index (κ3) is 4.10. The summed E-state index contributed by atoms with van der Waals surface area (Å²) in [4.78, 5) is 15.5. The zero-order valence-corrected chi connectivity index (χ0v) is 20.1. The summed E-state index contributed by atoms with van der Waals surface area (Å²) in [6, 6.07) is 10.9. The van der Waals surface area contributed by atoms with Gasteiger partial charge >= 0.3 is 0 Å². The normalized spacial score (nSPS) is 17.5. The molecule has 2 fully saturated rings. The summed E-state index contributed by atoms with van der Waals surface area (Å²) in [5.74, 6) is 1.46. The highest BCUT2D eigenvalue weighted by Crippen LogP contribution is 2.39. The first-order valence-corrected chi connectivity index (χ1v) is 11.9. The van der Waals surface area contributed by atoms with Gasteiger partial charge in [0.2, 0.25) is 0 Å². The maximum Gasteiger partial charge on any atom is 0.156 e. The molecule has 2 aromatic heterocycles. The fourth-order valence-electron chi connectivity index (χ4n) is 4.64. The van der Waals surface area contributed by atoms with Crippen molar-refractivity contribution in [3.63, 3.8) is 0 Å². The Hall–Kier alpha value is -3.82. The van der Waals surface area contributed by atoms with Gasteiger partial charge in [-0.1, -0.05) is 0 Å². The first-order valence-electron chi connectivity index (χ1n) is 11.9. The van der Waals surface area contributed by atoms with Crippen molar-refractivity contribution in [3.05, 3.63) is 66.1 Å². The molecule has 184 valence electrons. The third-order valence-electron chi connectivity index (χ3n) is 6.82. The van der Waals surface area contributed by atoms with Gasteiger partial charge in [-0.3, -0.25) is 4.98 Å². The molecule has 1 atom stereocenters. The summed E-state index contributed by atoms with van der Waals surface area (Å²) in [7, 11) is 1.74.